The van der Waals surface area contributed by atoms with Crippen molar-refractivity contribution in [3.63, 3.8) is 0 Å². The molecule has 1 heteroatoms. The van der Waals surface area contributed by atoms with Gasteiger partial charge in [0.1, 0.15) is 0 Å². The quantitative estimate of drug-likeness (QED) is 0.616. The standard InChI is InChI=1S/C14H15I/c1-14(2,3)12-6-4-10-5-7-13(15)9-11(10)8-12/h4-9H,1-3H3/i5D. The Balaban J connectivity index is 2.71. The molecule has 15 heavy (non-hydrogen) atoms. The predicted octanol–water partition coefficient (Wildman–Crippen LogP) is 4.74. The third-order valence-electron chi connectivity index (χ3n) is 2.58. The van der Waals surface area contributed by atoms with Crippen molar-refractivity contribution in [2.45, 2.75) is 26.2 Å². The molecule has 0 aliphatic heterocycles. The fourth-order valence-corrected chi connectivity index (χ4v) is 2.11. The summed E-state index contributed by atoms with van der Waals surface area (Å²) in [5, 5.41) is 2.21. The van der Waals surface area contributed by atoms with E-state index in [-0.39, 0.29) is 5.41 Å². The molecular formula is C14H15I. The van der Waals surface area contributed by atoms with Crippen LogP contribution in [0.2, 0.25) is 0 Å². The molecule has 0 spiro atoms. The van der Waals surface area contributed by atoms with E-state index in [2.05, 4.69) is 67.6 Å². The van der Waals surface area contributed by atoms with Crippen LogP contribution in [-0.2, 0) is 5.41 Å². The maximum Gasteiger partial charge on any atom is 0.0630 e. The van der Waals surface area contributed by atoms with Crippen LogP contribution in [0.15, 0.2) is 36.4 Å². The Bertz CT molecular complexity index is 538. The van der Waals surface area contributed by atoms with E-state index in [0.717, 1.165) is 8.96 Å². The zero-order valence-corrected chi connectivity index (χ0v) is 11.4. The molecule has 0 nitrogen and oxygen atoms in total. The van der Waals surface area contributed by atoms with E-state index in [1.54, 1.807) is 0 Å². The van der Waals surface area contributed by atoms with Gasteiger partial charge in [0.05, 0.1) is 1.37 Å². The van der Waals surface area contributed by atoms with Crippen molar-refractivity contribution in [3.8, 4) is 0 Å². The first-order valence-corrected chi connectivity index (χ1v) is 6.16. The molecule has 0 saturated heterocycles. The van der Waals surface area contributed by atoms with Crippen LogP contribution in [0.5, 0.6) is 0 Å². The summed E-state index contributed by atoms with van der Waals surface area (Å²) in [6.07, 6.45) is 0. The first kappa shape index (κ1) is 9.64. The molecular weight excluding hydrogens is 295 g/mol. The second-order valence-electron chi connectivity index (χ2n) is 4.87. The zero-order chi connectivity index (χ0) is 11.9. The highest BCUT2D eigenvalue weighted by atomic mass is 127. The van der Waals surface area contributed by atoms with Crippen molar-refractivity contribution in [1.29, 1.82) is 0 Å². The molecule has 0 aliphatic carbocycles. The minimum absolute atomic E-state index is 0.164. The van der Waals surface area contributed by atoms with E-state index in [0.29, 0.717) is 6.04 Å². The summed E-state index contributed by atoms with van der Waals surface area (Å²) in [4.78, 5) is 0. The number of benzene rings is 2. The van der Waals surface area contributed by atoms with E-state index in [1.807, 2.05) is 6.07 Å². The Kier molecular flexibility index (Phi) is 2.43. The molecule has 0 fully saturated rings. The van der Waals surface area contributed by atoms with Crippen molar-refractivity contribution in [2.75, 3.05) is 0 Å². The molecule has 0 atom stereocenters. The lowest BCUT2D eigenvalue weighted by Crippen LogP contribution is -2.10. The second kappa shape index (κ2) is 3.78. The molecule has 2 rings (SSSR count). The van der Waals surface area contributed by atoms with Crippen molar-refractivity contribution >= 4 is 33.4 Å². The topological polar surface area (TPSA) is 0 Å². The highest BCUT2D eigenvalue weighted by molar-refractivity contribution is 14.1. The monoisotopic (exact) mass is 311 g/mol. The van der Waals surface area contributed by atoms with Gasteiger partial charge < -0.3 is 0 Å². The average Bonchev–Trinajstić information content (AvgIpc) is 2.15. The largest absolute Gasteiger partial charge is 0.0630 e. The summed E-state index contributed by atoms with van der Waals surface area (Å²) >= 11 is 2.27. The minimum Gasteiger partial charge on any atom is -0.0579 e. The van der Waals surface area contributed by atoms with Crippen molar-refractivity contribution in [2.24, 2.45) is 0 Å². The van der Waals surface area contributed by atoms with Gasteiger partial charge in [-0.1, -0.05) is 45.0 Å². The van der Waals surface area contributed by atoms with Crippen molar-refractivity contribution < 1.29 is 1.37 Å². The maximum absolute atomic E-state index is 7.93. The Morgan fingerprint density at radius 2 is 1.80 bits per heavy atom. The molecule has 0 saturated carbocycles. The Morgan fingerprint density at radius 3 is 2.47 bits per heavy atom. The van der Waals surface area contributed by atoms with Crippen LogP contribution >= 0.6 is 22.6 Å². The van der Waals surface area contributed by atoms with Crippen LogP contribution in [0, 0.1) is 3.57 Å². The summed E-state index contributed by atoms with van der Waals surface area (Å²) in [5.74, 6) is 0. The van der Waals surface area contributed by atoms with Gasteiger partial charge in [-0.25, -0.2) is 0 Å². The molecule has 0 bridgehead atoms. The van der Waals surface area contributed by atoms with E-state index >= 15 is 0 Å². The smallest absolute Gasteiger partial charge is 0.0579 e. The summed E-state index contributed by atoms with van der Waals surface area (Å²) in [5.41, 5.74) is 1.49. The number of hydrogen-bond acceptors (Lipinski definition) is 0. The van der Waals surface area contributed by atoms with E-state index in [4.69, 9.17) is 1.37 Å². The van der Waals surface area contributed by atoms with Gasteiger partial charge in [-0.05, 0) is 56.5 Å². The lowest BCUT2D eigenvalue weighted by molar-refractivity contribution is 0.591. The fourth-order valence-electron chi connectivity index (χ4n) is 1.62. The van der Waals surface area contributed by atoms with Crippen molar-refractivity contribution in [3.05, 3.63) is 45.5 Å². The van der Waals surface area contributed by atoms with Crippen LogP contribution < -0.4 is 0 Å². The Morgan fingerprint density at radius 1 is 1.07 bits per heavy atom. The van der Waals surface area contributed by atoms with Crippen LogP contribution in [0.1, 0.15) is 27.7 Å². The summed E-state index contributed by atoms with van der Waals surface area (Å²) in [6, 6.07) is 11.1. The highest BCUT2D eigenvalue weighted by Gasteiger charge is 2.13. The van der Waals surface area contributed by atoms with Gasteiger partial charge in [0.2, 0.25) is 0 Å². The molecule has 0 amide bonds. The molecule has 2 aromatic rings. The summed E-state index contributed by atoms with van der Waals surface area (Å²) < 4.78 is 9.05. The first-order valence-electron chi connectivity index (χ1n) is 5.58. The Labute approximate surface area is 106 Å². The first-order chi connectivity index (χ1) is 7.38. The second-order valence-corrected chi connectivity index (χ2v) is 6.12. The predicted molar refractivity (Wildman–Crippen MR) is 75.4 cm³/mol. The van der Waals surface area contributed by atoms with Gasteiger partial charge in [-0.3, -0.25) is 0 Å². The number of hydrogen-bond donors (Lipinski definition) is 0. The van der Waals surface area contributed by atoms with Gasteiger partial charge in [0.25, 0.3) is 0 Å². The lowest BCUT2D eigenvalue weighted by Gasteiger charge is -2.19. The molecule has 0 heterocycles. The normalized spacial score (nSPS) is 12.9. The summed E-state index contributed by atoms with van der Waals surface area (Å²) in [7, 11) is 0. The third kappa shape index (κ3) is 2.33. The van der Waals surface area contributed by atoms with Gasteiger partial charge in [-0.2, -0.15) is 0 Å². The molecule has 2 aromatic carbocycles. The maximum atomic E-state index is 7.93. The molecule has 0 unspecified atom stereocenters. The van der Waals surface area contributed by atoms with Gasteiger partial charge in [-0.15, -0.1) is 0 Å². The average molecular weight is 311 g/mol. The SMILES string of the molecule is [2H]c1cc(I)cc2cc(C(C)(C)C)ccc12. The van der Waals surface area contributed by atoms with E-state index < -0.39 is 0 Å². The molecule has 78 valence electrons. The minimum atomic E-state index is 0.164. The molecule has 0 aromatic heterocycles. The number of halogens is 1. The molecule has 0 radical (unpaired) electrons. The lowest BCUT2D eigenvalue weighted by atomic mass is 9.86. The van der Waals surface area contributed by atoms with Crippen LogP contribution in [0.4, 0.5) is 0 Å². The van der Waals surface area contributed by atoms with Crippen LogP contribution in [0.3, 0.4) is 0 Å². The molecule has 0 aliphatic rings. The van der Waals surface area contributed by atoms with E-state index in [9.17, 15) is 0 Å². The van der Waals surface area contributed by atoms with Crippen LogP contribution in [-0.4, -0.2) is 0 Å². The number of rotatable bonds is 0. The third-order valence-corrected chi connectivity index (χ3v) is 3.20. The van der Waals surface area contributed by atoms with E-state index in [1.165, 1.54) is 10.9 Å². The van der Waals surface area contributed by atoms with Crippen molar-refractivity contribution in [1.82, 2.24) is 0 Å². The number of fused-ring (bicyclic) bond motifs is 1. The van der Waals surface area contributed by atoms with Gasteiger partial charge in [0, 0.05) is 3.57 Å². The fraction of sp³-hybridized carbons (Fsp3) is 0.286. The molecule has 0 N–H and O–H groups in total. The van der Waals surface area contributed by atoms with Crippen LogP contribution in [0.25, 0.3) is 10.8 Å². The zero-order valence-electron chi connectivity index (χ0n) is 10.3. The highest BCUT2D eigenvalue weighted by Crippen LogP contribution is 2.26. The van der Waals surface area contributed by atoms with Gasteiger partial charge in [0.15, 0.2) is 0 Å². The van der Waals surface area contributed by atoms with Gasteiger partial charge >= 0.3 is 0 Å². The summed E-state index contributed by atoms with van der Waals surface area (Å²) in [6.45, 7) is 6.64. The Hall–Kier alpha value is -0.570.